The first kappa shape index (κ1) is 17.2. The van der Waals surface area contributed by atoms with Gasteiger partial charge in [-0.2, -0.15) is 0 Å². The maximum Gasteiger partial charge on any atom is 0.226 e. The van der Waals surface area contributed by atoms with Gasteiger partial charge in [0.1, 0.15) is 0 Å². The van der Waals surface area contributed by atoms with Gasteiger partial charge in [-0.05, 0) is 23.8 Å². The van der Waals surface area contributed by atoms with Crippen LogP contribution in [0.15, 0.2) is 59.1 Å². The fourth-order valence-electron chi connectivity index (χ4n) is 2.18. The molecular weight excluding hydrogens is 356 g/mol. The SMILES string of the molecule is CC(=O)N(CCC(=O)Nc1cccc(Br)c1)Cc1ccccc1. The number of rotatable bonds is 6. The molecule has 0 aliphatic heterocycles. The number of nitrogens with zero attached hydrogens (tertiary/aromatic N) is 1. The number of benzene rings is 2. The lowest BCUT2D eigenvalue weighted by atomic mass is 10.2. The lowest BCUT2D eigenvalue weighted by Crippen LogP contribution is -2.31. The summed E-state index contributed by atoms with van der Waals surface area (Å²) in [5.74, 6) is -0.147. The van der Waals surface area contributed by atoms with Crippen molar-refractivity contribution in [3.05, 3.63) is 64.6 Å². The number of carbonyl (C=O) groups excluding carboxylic acids is 2. The predicted octanol–water partition coefficient (Wildman–Crippen LogP) is 3.83. The third kappa shape index (κ3) is 5.87. The maximum absolute atomic E-state index is 12.0. The fourth-order valence-corrected chi connectivity index (χ4v) is 2.58. The van der Waals surface area contributed by atoms with Gasteiger partial charge in [0.05, 0.1) is 0 Å². The highest BCUT2D eigenvalue weighted by atomic mass is 79.9. The summed E-state index contributed by atoms with van der Waals surface area (Å²) in [6, 6.07) is 17.2. The van der Waals surface area contributed by atoms with Gasteiger partial charge in [0, 0.05) is 36.6 Å². The van der Waals surface area contributed by atoms with E-state index in [4.69, 9.17) is 0 Å². The quantitative estimate of drug-likeness (QED) is 0.835. The van der Waals surface area contributed by atoms with Crippen LogP contribution in [0.2, 0.25) is 0 Å². The van der Waals surface area contributed by atoms with Gasteiger partial charge in [0.2, 0.25) is 11.8 Å². The van der Waals surface area contributed by atoms with Gasteiger partial charge in [0.25, 0.3) is 0 Å². The number of halogens is 1. The van der Waals surface area contributed by atoms with Crippen LogP contribution in [0.3, 0.4) is 0 Å². The van der Waals surface area contributed by atoms with Gasteiger partial charge >= 0.3 is 0 Å². The Hall–Kier alpha value is -2.14. The van der Waals surface area contributed by atoms with E-state index < -0.39 is 0 Å². The molecule has 0 atom stereocenters. The molecule has 5 heteroatoms. The van der Waals surface area contributed by atoms with E-state index in [1.807, 2.05) is 54.6 Å². The third-order valence-corrected chi connectivity index (χ3v) is 3.87. The van der Waals surface area contributed by atoms with Crippen molar-refractivity contribution in [2.45, 2.75) is 19.9 Å². The van der Waals surface area contributed by atoms with E-state index in [-0.39, 0.29) is 18.2 Å². The molecule has 0 bridgehead atoms. The number of carbonyl (C=O) groups is 2. The molecule has 0 fully saturated rings. The van der Waals surface area contributed by atoms with Crippen LogP contribution in [0.25, 0.3) is 0 Å². The molecule has 0 saturated carbocycles. The average molecular weight is 375 g/mol. The van der Waals surface area contributed by atoms with E-state index >= 15 is 0 Å². The number of nitrogens with one attached hydrogen (secondary N) is 1. The van der Waals surface area contributed by atoms with E-state index in [1.54, 1.807) is 4.90 Å². The van der Waals surface area contributed by atoms with Crippen LogP contribution in [0.1, 0.15) is 18.9 Å². The molecule has 1 N–H and O–H groups in total. The minimum Gasteiger partial charge on any atom is -0.338 e. The molecule has 2 amide bonds. The first-order valence-corrected chi connectivity index (χ1v) is 8.19. The lowest BCUT2D eigenvalue weighted by molar-refractivity contribution is -0.129. The average Bonchev–Trinajstić information content (AvgIpc) is 2.52. The summed E-state index contributed by atoms with van der Waals surface area (Å²) < 4.78 is 0.907. The largest absolute Gasteiger partial charge is 0.338 e. The normalized spacial score (nSPS) is 10.2. The standard InChI is InChI=1S/C18H19BrN2O2/c1-14(22)21(13-15-6-3-2-4-7-15)11-10-18(23)20-17-9-5-8-16(19)12-17/h2-9,12H,10-11,13H2,1H3,(H,20,23). The Balaban J connectivity index is 1.88. The summed E-state index contributed by atoms with van der Waals surface area (Å²) in [4.78, 5) is 25.5. The third-order valence-electron chi connectivity index (χ3n) is 3.38. The zero-order chi connectivity index (χ0) is 16.7. The van der Waals surface area contributed by atoms with Crippen molar-refractivity contribution in [2.24, 2.45) is 0 Å². The molecule has 0 spiro atoms. The van der Waals surface area contributed by atoms with Gasteiger partial charge < -0.3 is 10.2 Å². The van der Waals surface area contributed by atoms with Crippen molar-refractivity contribution in [2.75, 3.05) is 11.9 Å². The number of hydrogen-bond donors (Lipinski definition) is 1. The highest BCUT2D eigenvalue weighted by molar-refractivity contribution is 9.10. The monoisotopic (exact) mass is 374 g/mol. The van der Waals surface area contributed by atoms with Gasteiger partial charge in [0.15, 0.2) is 0 Å². The summed E-state index contributed by atoms with van der Waals surface area (Å²) in [6.45, 7) is 2.43. The van der Waals surface area contributed by atoms with Gasteiger partial charge in [-0.3, -0.25) is 9.59 Å². The molecule has 2 rings (SSSR count). The van der Waals surface area contributed by atoms with Crippen LogP contribution in [0.4, 0.5) is 5.69 Å². The minimum absolute atomic E-state index is 0.0379. The van der Waals surface area contributed by atoms with Crippen LogP contribution in [-0.4, -0.2) is 23.3 Å². The van der Waals surface area contributed by atoms with E-state index in [1.165, 1.54) is 6.92 Å². The molecule has 0 aromatic heterocycles. The zero-order valence-electron chi connectivity index (χ0n) is 13.0. The molecule has 120 valence electrons. The second kappa shape index (κ2) is 8.48. The summed E-state index contributed by atoms with van der Waals surface area (Å²) in [6.07, 6.45) is 0.263. The van der Waals surface area contributed by atoms with Gasteiger partial charge in [-0.25, -0.2) is 0 Å². The van der Waals surface area contributed by atoms with Crippen LogP contribution in [-0.2, 0) is 16.1 Å². The fraction of sp³-hybridized carbons (Fsp3) is 0.222. The Morgan fingerprint density at radius 1 is 1.09 bits per heavy atom. The summed E-state index contributed by atoms with van der Waals surface area (Å²) in [7, 11) is 0. The Labute approximate surface area is 144 Å². The van der Waals surface area contributed by atoms with Crippen LogP contribution in [0.5, 0.6) is 0 Å². The molecule has 0 saturated heterocycles. The molecule has 0 aliphatic carbocycles. The highest BCUT2D eigenvalue weighted by Crippen LogP contribution is 2.16. The number of anilines is 1. The molecule has 2 aromatic carbocycles. The van der Waals surface area contributed by atoms with Crippen LogP contribution >= 0.6 is 15.9 Å². The Morgan fingerprint density at radius 3 is 2.48 bits per heavy atom. The van der Waals surface area contributed by atoms with Gasteiger partial charge in [-0.1, -0.05) is 52.3 Å². The van der Waals surface area contributed by atoms with Crippen molar-refractivity contribution in [1.82, 2.24) is 4.90 Å². The Kier molecular flexibility index (Phi) is 6.35. The van der Waals surface area contributed by atoms with Crippen molar-refractivity contribution in [1.29, 1.82) is 0 Å². The summed E-state index contributed by atoms with van der Waals surface area (Å²) in [5, 5.41) is 2.83. The van der Waals surface area contributed by atoms with E-state index in [0.717, 1.165) is 15.7 Å². The molecule has 0 radical (unpaired) electrons. The van der Waals surface area contributed by atoms with Crippen molar-refractivity contribution < 1.29 is 9.59 Å². The Morgan fingerprint density at radius 2 is 1.83 bits per heavy atom. The summed E-state index contributed by atoms with van der Waals surface area (Å²) in [5.41, 5.74) is 1.79. The second-order valence-corrected chi connectivity index (χ2v) is 6.15. The molecule has 0 aliphatic rings. The predicted molar refractivity (Wildman–Crippen MR) is 94.9 cm³/mol. The first-order valence-electron chi connectivity index (χ1n) is 7.39. The number of hydrogen-bond acceptors (Lipinski definition) is 2. The van der Waals surface area contributed by atoms with Crippen molar-refractivity contribution >= 4 is 33.4 Å². The molecule has 4 nitrogen and oxygen atoms in total. The number of amides is 2. The molecular formula is C18H19BrN2O2. The lowest BCUT2D eigenvalue weighted by Gasteiger charge is -2.21. The first-order chi connectivity index (χ1) is 11.0. The second-order valence-electron chi connectivity index (χ2n) is 5.23. The maximum atomic E-state index is 12.0. The van der Waals surface area contributed by atoms with Crippen LogP contribution in [0, 0.1) is 0 Å². The van der Waals surface area contributed by atoms with Crippen LogP contribution < -0.4 is 5.32 Å². The zero-order valence-corrected chi connectivity index (χ0v) is 14.5. The van der Waals surface area contributed by atoms with Crippen molar-refractivity contribution in [3.63, 3.8) is 0 Å². The topological polar surface area (TPSA) is 49.4 Å². The van der Waals surface area contributed by atoms with Gasteiger partial charge in [-0.15, -0.1) is 0 Å². The Bertz CT molecular complexity index is 674. The summed E-state index contributed by atoms with van der Waals surface area (Å²) >= 11 is 3.37. The highest BCUT2D eigenvalue weighted by Gasteiger charge is 2.12. The molecule has 0 unspecified atom stereocenters. The molecule has 0 heterocycles. The van der Waals surface area contributed by atoms with E-state index in [2.05, 4.69) is 21.2 Å². The van der Waals surface area contributed by atoms with E-state index in [0.29, 0.717) is 13.1 Å². The van der Waals surface area contributed by atoms with Crippen molar-refractivity contribution in [3.8, 4) is 0 Å². The smallest absolute Gasteiger partial charge is 0.226 e. The molecule has 2 aromatic rings. The minimum atomic E-state index is -0.109. The van der Waals surface area contributed by atoms with E-state index in [9.17, 15) is 9.59 Å². The molecule has 23 heavy (non-hydrogen) atoms.